The number of unbranched alkanes of at least 4 members (excludes halogenated alkanes) is 2. The van der Waals surface area contributed by atoms with Crippen molar-refractivity contribution < 1.29 is 14.3 Å². The topological polar surface area (TPSA) is 50.8 Å². The van der Waals surface area contributed by atoms with E-state index in [-0.39, 0.29) is 11.9 Å². The summed E-state index contributed by atoms with van der Waals surface area (Å²) in [5.41, 5.74) is 1.86. The largest absolute Gasteiger partial charge is 0.497 e. The van der Waals surface area contributed by atoms with Gasteiger partial charge in [0.05, 0.1) is 19.8 Å². The lowest BCUT2D eigenvalue weighted by molar-refractivity contribution is 0.0938. The highest BCUT2D eigenvalue weighted by atomic mass is 16.5. The summed E-state index contributed by atoms with van der Waals surface area (Å²) in [6.07, 6.45) is 5.83. The Morgan fingerprint density at radius 2 is 1.67 bits per heavy atom. The van der Waals surface area contributed by atoms with E-state index in [9.17, 15) is 4.79 Å². The summed E-state index contributed by atoms with van der Waals surface area (Å²) in [4.78, 5) is 15.2. The molecule has 30 heavy (non-hydrogen) atoms. The first-order chi connectivity index (χ1) is 14.7. The average Bonchev–Trinajstić information content (AvgIpc) is 3.32. The number of benzene rings is 2. The zero-order valence-corrected chi connectivity index (χ0v) is 18.2. The monoisotopic (exact) mass is 410 g/mol. The number of carbonyl (C=O) groups is 1. The van der Waals surface area contributed by atoms with Gasteiger partial charge in [0, 0.05) is 12.1 Å². The highest BCUT2D eigenvalue weighted by molar-refractivity contribution is 5.94. The van der Waals surface area contributed by atoms with Crippen LogP contribution >= 0.6 is 0 Å². The average molecular weight is 411 g/mol. The quantitative estimate of drug-likeness (QED) is 0.539. The normalized spacial score (nSPS) is 15.0. The van der Waals surface area contributed by atoms with Gasteiger partial charge in [-0.3, -0.25) is 9.69 Å². The van der Waals surface area contributed by atoms with E-state index < -0.39 is 0 Å². The van der Waals surface area contributed by atoms with Crippen LogP contribution in [0.5, 0.6) is 11.5 Å². The molecule has 1 aliphatic rings. The third-order valence-electron chi connectivity index (χ3n) is 5.67. The zero-order chi connectivity index (χ0) is 21.2. The lowest BCUT2D eigenvalue weighted by Crippen LogP contribution is -2.36. The van der Waals surface area contributed by atoms with Crippen LogP contribution in [-0.2, 0) is 0 Å². The van der Waals surface area contributed by atoms with Crippen molar-refractivity contribution in [2.75, 3.05) is 33.4 Å². The number of nitrogens with zero attached hydrogens (tertiary/aromatic N) is 1. The fraction of sp³-hybridized carbons (Fsp3) is 0.480. The number of amides is 1. The minimum absolute atomic E-state index is 0.0507. The maximum atomic E-state index is 12.7. The highest BCUT2D eigenvalue weighted by Crippen LogP contribution is 2.26. The Kier molecular flexibility index (Phi) is 8.57. The molecular formula is C25H34N2O3. The third-order valence-corrected chi connectivity index (χ3v) is 5.67. The fourth-order valence-corrected chi connectivity index (χ4v) is 3.87. The molecule has 0 aromatic heterocycles. The predicted octanol–water partition coefficient (Wildman–Crippen LogP) is 4.83. The van der Waals surface area contributed by atoms with Gasteiger partial charge in [-0.15, -0.1) is 0 Å². The number of likely N-dealkylation sites (tertiary alicyclic amines) is 1. The van der Waals surface area contributed by atoms with Crippen LogP contribution in [0.2, 0.25) is 0 Å². The molecule has 2 aromatic rings. The Balaban J connectivity index is 1.58. The lowest BCUT2D eigenvalue weighted by atomic mass is 10.0. The molecule has 3 rings (SSSR count). The van der Waals surface area contributed by atoms with E-state index in [1.807, 2.05) is 36.4 Å². The van der Waals surface area contributed by atoms with Gasteiger partial charge in [0.1, 0.15) is 11.5 Å². The van der Waals surface area contributed by atoms with Crippen LogP contribution in [0.25, 0.3) is 0 Å². The van der Waals surface area contributed by atoms with Crippen LogP contribution < -0.4 is 14.8 Å². The number of nitrogens with one attached hydrogen (secondary N) is 1. The van der Waals surface area contributed by atoms with Gasteiger partial charge in [-0.25, -0.2) is 0 Å². The number of hydrogen-bond donors (Lipinski definition) is 1. The van der Waals surface area contributed by atoms with Gasteiger partial charge < -0.3 is 14.8 Å². The Morgan fingerprint density at radius 1 is 1.00 bits per heavy atom. The van der Waals surface area contributed by atoms with E-state index in [0.717, 1.165) is 37.6 Å². The molecular weight excluding hydrogens is 376 g/mol. The van der Waals surface area contributed by atoms with E-state index in [1.165, 1.54) is 31.2 Å². The summed E-state index contributed by atoms with van der Waals surface area (Å²) in [6.45, 7) is 5.61. The molecule has 5 heteroatoms. The summed E-state index contributed by atoms with van der Waals surface area (Å²) in [7, 11) is 1.68. The lowest BCUT2D eigenvalue weighted by Gasteiger charge is -2.28. The van der Waals surface area contributed by atoms with Gasteiger partial charge in [-0.2, -0.15) is 0 Å². The van der Waals surface area contributed by atoms with E-state index in [0.29, 0.717) is 12.1 Å². The van der Waals surface area contributed by atoms with Crippen molar-refractivity contribution in [3.05, 3.63) is 59.7 Å². The molecule has 1 amide bonds. The molecule has 5 nitrogen and oxygen atoms in total. The second-order valence-corrected chi connectivity index (χ2v) is 7.82. The van der Waals surface area contributed by atoms with Crippen molar-refractivity contribution in [3.63, 3.8) is 0 Å². The molecule has 0 spiro atoms. The molecule has 1 aliphatic heterocycles. The van der Waals surface area contributed by atoms with Crippen LogP contribution in [0, 0.1) is 0 Å². The van der Waals surface area contributed by atoms with Crippen molar-refractivity contribution in [1.82, 2.24) is 10.2 Å². The Bertz CT molecular complexity index is 768. The zero-order valence-electron chi connectivity index (χ0n) is 18.2. The molecule has 1 N–H and O–H groups in total. The summed E-state index contributed by atoms with van der Waals surface area (Å²) >= 11 is 0. The van der Waals surface area contributed by atoms with Crippen molar-refractivity contribution in [3.8, 4) is 11.5 Å². The van der Waals surface area contributed by atoms with Gasteiger partial charge in [-0.1, -0.05) is 31.9 Å². The minimum atomic E-state index is -0.0507. The molecule has 0 bridgehead atoms. The van der Waals surface area contributed by atoms with Gasteiger partial charge in [-0.05, 0) is 74.3 Å². The maximum absolute atomic E-state index is 12.7. The van der Waals surface area contributed by atoms with E-state index in [1.54, 1.807) is 7.11 Å². The standard InChI is InChI=1S/C25H34N2O3/c1-3-4-7-18-30-23-14-10-21(11-15-23)25(28)26-19-24(27-16-5-6-17-27)20-8-12-22(29-2)13-9-20/h8-15,24H,3-7,16-19H2,1-2H3,(H,26,28). The second-order valence-electron chi connectivity index (χ2n) is 7.82. The molecule has 0 saturated carbocycles. The molecule has 1 atom stereocenters. The van der Waals surface area contributed by atoms with Crippen LogP contribution in [0.15, 0.2) is 48.5 Å². The van der Waals surface area contributed by atoms with E-state index in [2.05, 4.69) is 29.3 Å². The van der Waals surface area contributed by atoms with Crippen LogP contribution in [0.4, 0.5) is 0 Å². The van der Waals surface area contributed by atoms with Crippen LogP contribution in [-0.4, -0.2) is 44.2 Å². The number of rotatable bonds is 11. The van der Waals surface area contributed by atoms with E-state index >= 15 is 0 Å². The van der Waals surface area contributed by atoms with Crippen LogP contribution in [0.1, 0.15) is 61.0 Å². The minimum Gasteiger partial charge on any atom is -0.497 e. The molecule has 0 aliphatic carbocycles. The molecule has 162 valence electrons. The van der Waals surface area contributed by atoms with Crippen molar-refractivity contribution in [2.45, 2.75) is 45.1 Å². The number of hydrogen-bond acceptors (Lipinski definition) is 4. The molecule has 0 radical (unpaired) electrons. The SMILES string of the molecule is CCCCCOc1ccc(C(=O)NCC(c2ccc(OC)cc2)N2CCCC2)cc1. The summed E-state index contributed by atoms with van der Waals surface area (Å²) in [5.74, 6) is 1.61. The first-order valence-electron chi connectivity index (χ1n) is 11.1. The summed E-state index contributed by atoms with van der Waals surface area (Å²) in [6, 6.07) is 15.8. The number of methoxy groups -OCH3 is 1. The summed E-state index contributed by atoms with van der Waals surface area (Å²) < 4.78 is 11.0. The molecule has 1 heterocycles. The molecule has 1 fully saturated rings. The highest BCUT2D eigenvalue weighted by Gasteiger charge is 2.24. The van der Waals surface area contributed by atoms with Gasteiger partial charge in [0.2, 0.25) is 0 Å². The first kappa shape index (κ1) is 22.2. The smallest absolute Gasteiger partial charge is 0.251 e. The predicted molar refractivity (Wildman–Crippen MR) is 120 cm³/mol. The van der Waals surface area contributed by atoms with Gasteiger partial charge in [0.25, 0.3) is 5.91 Å². The van der Waals surface area contributed by atoms with Gasteiger partial charge >= 0.3 is 0 Å². The van der Waals surface area contributed by atoms with Crippen molar-refractivity contribution in [2.24, 2.45) is 0 Å². The Hall–Kier alpha value is -2.53. The first-order valence-corrected chi connectivity index (χ1v) is 11.1. The van der Waals surface area contributed by atoms with Crippen molar-refractivity contribution in [1.29, 1.82) is 0 Å². The fourth-order valence-electron chi connectivity index (χ4n) is 3.87. The van der Waals surface area contributed by atoms with Crippen LogP contribution in [0.3, 0.4) is 0 Å². The van der Waals surface area contributed by atoms with Gasteiger partial charge in [0.15, 0.2) is 0 Å². The number of ether oxygens (including phenoxy) is 2. The second kappa shape index (κ2) is 11.6. The Morgan fingerprint density at radius 3 is 2.30 bits per heavy atom. The number of carbonyl (C=O) groups excluding carboxylic acids is 1. The summed E-state index contributed by atoms with van der Waals surface area (Å²) in [5, 5.41) is 3.13. The molecule has 1 unspecified atom stereocenters. The van der Waals surface area contributed by atoms with E-state index in [4.69, 9.17) is 9.47 Å². The third kappa shape index (κ3) is 6.23. The van der Waals surface area contributed by atoms with Crippen molar-refractivity contribution >= 4 is 5.91 Å². The Labute approximate surface area is 180 Å². The molecule has 1 saturated heterocycles. The maximum Gasteiger partial charge on any atom is 0.251 e. The molecule has 2 aromatic carbocycles.